The highest BCUT2D eigenvalue weighted by molar-refractivity contribution is 6.09. The van der Waals surface area contributed by atoms with Crippen molar-refractivity contribution in [2.24, 2.45) is 13.0 Å². The number of aromatic nitrogens is 1. The van der Waals surface area contributed by atoms with Crippen LogP contribution in [0.2, 0.25) is 0 Å². The molecule has 0 bridgehead atoms. The molecule has 27 heavy (non-hydrogen) atoms. The molecule has 1 N–H and O–H groups in total. The van der Waals surface area contributed by atoms with Crippen LogP contribution in [0.4, 0.5) is 11.4 Å². The highest BCUT2D eigenvalue weighted by Gasteiger charge is 2.16. The molecule has 0 spiro atoms. The quantitative estimate of drug-likeness (QED) is 0.669. The summed E-state index contributed by atoms with van der Waals surface area (Å²) in [5.41, 5.74) is 4.12. The van der Waals surface area contributed by atoms with Crippen LogP contribution in [0, 0.1) is 5.92 Å². The average molecular weight is 361 g/mol. The second-order valence-corrected chi connectivity index (χ2v) is 7.66. The van der Waals surface area contributed by atoms with E-state index in [2.05, 4.69) is 41.4 Å². The molecule has 2 aromatic carbocycles. The molecule has 0 amide bonds. The first-order chi connectivity index (χ1) is 13.1. The molecular formula is C23H27N3O. The Morgan fingerprint density at radius 2 is 1.78 bits per heavy atom. The van der Waals surface area contributed by atoms with Crippen molar-refractivity contribution in [3.8, 4) is 0 Å². The standard InChI is InChI=1S/C23H27N3O/c1-17-11-13-26(14-12-17)19-9-7-18(8-10-19)24-15-23(27)21-16-25(2)22-6-4-3-5-20(21)22/h3-10,16-17,24H,11-15H2,1-2H3. The Balaban J connectivity index is 1.40. The molecule has 0 atom stereocenters. The van der Waals surface area contributed by atoms with E-state index in [1.54, 1.807) is 0 Å². The van der Waals surface area contributed by atoms with Gasteiger partial charge in [0.1, 0.15) is 0 Å². The van der Waals surface area contributed by atoms with Gasteiger partial charge in [0.2, 0.25) is 0 Å². The lowest BCUT2D eigenvalue weighted by atomic mass is 9.99. The summed E-state index contributed by atoms with van der Waals surface area (Å²) in [4.78, 5) is 15.2. The summed E-state index contributed by atoms with van der Waals surface area (Å²) in [5, 5.41) is 4.29. The summed E-state index contributed by atoms with van der Waals surface area (Å²) in [6.45, 7) is 4.90. The van der Waals surface area contributed by atoms with E-state index in [9.17, 15) is 4.79 Å². The van der Waals surface area contributed by atoms with E-state index in [-0.39, 0.29) is 5.78 Å². The highest BCUT2D eigenvalue weighted by atomic mass is 16.1. The topological polar surface area (TPSA) is 37.3 Å². The van der Waals surface area contributed by atoms with Crippen LogP contribution in [0.3, 0.4) is 0 Å². The monoisotopic (exact) mass is 361 g/mol. The molecule has 0 aliphatic carbocycles. The molecule has 0 unspecified atom stereocenters. The normalized spacial score (nSPS) is 15.3. The van der Waals surface area contributed by atoms with Crippen LogP contribution in [0.1, 0.15) is 30.1 Å². The molecule has 0 saturated carbocycles. The zero-order valence-electron chi connectivity index (χ0n) is 16.1. The number of rotatable bonds is 5. The van der Waals surface area contributed by atoms with Crippen molar-refractivity contribution in [2.75, 3.05) is 29.9 Å². The van der Waals surface area contributed by atoms with Crippen LogP contribution >= 0.6 is 0 Å². The zero-order chi connectivity index (χ0) is 18.8. The zero-order valence-corrected chi connectivity index (χ0v) is 16.1. The minimum absolute atomic E-state index is 0.112. The Labute approximate surface area is 160 Å². The summed E-state index contributed by atoms with van der Waals surface area (Å²) in [6, 6.07) is 16.5. The predicted molar refractivity (Wildman–Crippen MR) is 113 cm³/mol. The number of ketones is 1. The molecule has 4 heteroatoms. The second kappa shape index (κ2) is 7.47. The van der Waals surface area contributed by atoms with E-state index in [0.29, 0.717) is 6.54 Å². The third-order valence-electron chi connectivity index (χ3n) is 5.67. The molecule has 1 fully saturated rings. The Kier molecular flexibility index (Phi) is 4.88. The van der Waals surface area contributed by atoms with Crippen LogP contribution < -0.4 is 10.2 Å². The van der Waals surface area contributed by atoms with Crippen molar-refractivity contribution in [1.82, 2.24) is 4.57 Å². The van der Waals surface area contributed by atoms with Gasteiger partial charge in [0, 0.05) is 54.2 Å². The minimum Gasteiger partial charge on any atom is -0.378 e. The van der Waals surface area contributed by atoms with Crippen molar-refractivity contribution in [3.63, 3.8) is 0 Å². The summed E-state index contributed by atoms with van der Waals surface area (Å²) < 4.78 is 2.01. The number of nitrogens with one attached hydrogen (secondary N) is 1. The Hall–Kier alpha value is -2.75. The third kappa shape index (κ3) is 3.70. The molecular weight excluding hydrogens is 334 g/mol. The fourth-order valence-electron chi connectivity index (χ4n) is 3.90. The molecule has 140 valence electrons. The smallest absolute Gasteiger partial charge is 0.184 e. The lowest BCUT2D eigenvalue weighted by molar-refractivity contribution is 0.101. The van der Waals surface area contributed by atoms with Crippen molar-refractivity contribution in [2.45, 2.75) is 19.8 Å². The van der Waals surface area contributed by atoms with E-state index in [1.807, 2.05) is 42.1 Å². The summed E-state index contributed by atoms with van der Waals surface area (Å²) >= 11 is 0. The maximum absolute atomic E-state index is 12.7. The molecule has 0 radical (unpaired) electrons. The molecule has 4 nitrogen and oxygen atoms in total. The molecule has 1 aliphatic rings. The Morgan fingerprint density at radius 3 is 2.52 bits per heavy atom. The average Bonchev–Trinajstić information content (AvgIpc) is 3.04. The number of para-hydroxylation sites is 1. The number of carbonyl (C=O) groups is 1. The maximum Gasteiger partial charge on any atom is 0.184 e. The number of hydrogen-bond donors (Lipinski definition) is 1. The van der Waals surface area contributed by atoms with Gasteiger partial charge in [-0.15, -0.1) is 0 Å². The second-order valence-electron chi connectivity index (χ2n) is 7.66. The number of carbonyl (C=O) groups excluding carboxylic acids is 1. The summed E-state index contributed by atoms with van der Waals surface area (Å²) in [6.07, 6.45) is 4.45. The summed E-state index contributed by atoms with van der Waals surface area (Å²) in [5.74, 6) is 0.947. The fraction of sp³-hybridized carbons (Fsp3) is 0.348. The Bertz CT molecular complexity index is 934. The summed E-state index contributed by atoms with van der Waals surface area (Å²) in [7, 11) is 1.98. The highest BCUT2D eigenvalue weighted by Crippen LogP contribution is 2.25. The molecule has 1 saturated heterocycles. The largest absolute Gasteiger partial charge is 0.378 e. The number of piperidine rings is 1. The van der Waals surface area contributed by atoms with Crippen LogP contribution in [0.25, 0.3) is 10.9 Å². The first-order valence-corrected chi connectivity index (χ1v) is 9.78. The van der Waals surface area contributed by atoms with Crippen molar-refractivity contribution in [3.05, 3.63) is 60.3 Å². The van der Waals surface area contributed by atoms with Crippen LogP contribution in [-0.4, -0.2) is 30.0 Å². The van der Waals surface area contributed by atoms with E-state index in [1.165, 1.54) is 18.5 Å². The lowest BCUT2D eigenvalue weighted by Gasteiger charge is -2.32. The van der Waals surface area contributed by atoms with Gasteiger partial charge in [-0.05, 0) is 49.1 Å². The van der Waals surface area contributed by atoms with Crippen LogP contribution in [-0.2, 0) is 7.05 Å². The van der Waals surface area contributed by atoms with Gasteiger partial charge >= 0.3 is 0 Å². The number of nitrogens with zero attached hydrogens (tertiary/aromatic N) is 2. The van der Waals surface area contributed by atoms with Gasteiger partial charge in [0.05, 0.1) is 6.54 Å². The van der Waals surface area contributed by atoms with Crippen LogP contribution in [0.15, 0.2) is 54.7 Å². The first kappa shape index (κ1) is 17.7. The van der Waals surface area contributed by atoms with Crippen molar-refractivity contribution < 1.29 is 4.79 Å². The number of hydrogen-bond acceptors (Lipinski definition) is 3. The van der Waals surface area contributed by atoms with E-state index in [0.717, 1.165) is 41.2 Å². The van der Waals surface area contributed by atoms with Gasteiger partial charge in [-0.1, -0.05) is 25.1 Å². The number of aryl methyl sites for hydroxylation is 1. The van der Waals surface area contributed by atoms with Gasteiger partial charge in [-0.2, -0.15) is 0 Å². The molecule has 3 aromatic rings. The van der Waals surface area contributed by atoms with Crippen molar-refractivity contribution in [1.29, 1.82) is 0 Å². The van der Waals surface area contributed by atoms with Gasteiger partial charge in [-0.25, -0.2) is 0 Å². The van der Waals surface area contributed by atoms with Gasteiger partial charge < -0.3 is 14.8 Å². The molecule has 1 aliphatic heterocycles. The van der Waals surface area contributed by atoms with E-state index < -0.39 is 0 Å². The van der Waals surface area contributed by atoms with Gasteiger partial charge in [0.15, 0.2) is 5.78 Å². The fourth-order valence-corrected chi connectivity index (χ4v) is 3.90. The number of fused-ring (bicyclic) bond motifs is 1. The molecule has 2 heterocycles. The number of benzene rings is 2. The lowest BCUT2D eigenvalue weighted by Crippen LogP contribution is -2.32. The van der Waals surface area contributed by atoms with E-state index >= 15 is 0 Å². The predicted octanol–water partition coefficient (Wildman–Crippen LogP) is 4.71. The third-order valence-corrected chi connectivity index (χ3v) is 5.67. The Morgan fingerprint density at radius 1 is 1.07 bits per heavy atom. The molecule has 4 rings (SSSR count). The number of anilines is 2. The van der Waals surface area contributed by atoms with Gasteiger partial charge in [0.25, 0.3) is 0 Å². The first-order valence-electron chi connectivity index (χ1n) is 9.78. The van der Waals surface area contributed by atoms with Gasteiger partial charge in [-0.3, -0.25) is 4.79 Å². The SMILES string of the molecule is CC1CCN(c2ccc(NCC(=O)c3cn(C)c4ccccc34)cc2)CC1. The number of Topliss-reactive ketones (excluding diaryl/α,β-unsaturated/α-hetero) is 1. The minimum atomic E-state index is 0.112. The van der Waals surface area contributed by atoms with E-state index in [4.69, 9.17) is 0 Å². The maximum atomic E-state index is 12.7. The molecule has 1 aromatic heterocycles. The van der Waals surface area contributed by atoms with Crippen LogP contribution in [0.5, 0.6) is 0 Å². The van der Waals surface area contributed by atoms with Crippen molar-refractivity contribution >= 4 is 28.1 Å².